The Hall–Kier alpha value is -1.75. The van der Waals surface area contributed by atoms with Gasteiger partial charge in [-0.2, -0.15) is 0 Å². The van der Waals surface area contributed by atoms with Crippen LogP contribution in [-0.2, 0) is 0 Å². The number of aliphatic hydroxyl groups is 1. The van der Waals surface area contributed by atoms with Gasteiger partial charge in [-0.05, 0) is 30.9 Å². The Bertz CT molecular complexity index is 428. The van der Waals surface area contributed by atoms with E-state index in [1.54, 1.807) is 18.1 Å². The van der Waals surface area contributed by atoms with Crippen molar-refractivity contribution in [2.75, 3.05) is 32.1 Å². The summed E-state index contributed by atoms with van der Waals surface area (Å²) < 4.78 is 5.12. The second-order valence-corrected chi connectivity index (χ2v) is 4.78. The van der Waals surface area contributed by atoms with Gasteiger partial charge in [0, 0.05) is 31.5 Å². The van der Waals surface area contributed by atoms with E-state index in [1.165, 1.54) is 0 Å². The zero-order valence-corrected chi connectivity index (χ0v) is 11.1. The molecule has 2 N–H and O–H groups in total. The van der Waals surface area contributed by atoms with Crippen LogP contribution in [0.2, 0.25) is 0 Å². The van der Waals surface area contributed by atoms with Gasteiger partial charge in [0.2, 0.25) is 0 Å². The maximum Gasteiger partial charge on any atom is 0.321 e. The Morgan fingerprint density at radius 2 is 2.21 bits per heavy atom. The highest BCUT2D eigenvalue weighted by atomic mass is 16.5. The van der Waals surface area contributed by atoms with Crippen LogP contribution in [0, 0.1) is 5.92 Å². The Kier molecular flexibility index (Phi) is 4.63. The maximum absolute atomic E-state index is 12.1. The highest BCUT2D eigenvalue weighted by Crippen LogP contribution is 2.19. The number of amides is 2. The molecule has 1 aliphatic heterocycles. The van der Waals surface area contributed by atoms with Crippen molar-refractivity contribution in [3.05, 3.63) is 24.3 Å². The van der Waals surface area contributed by atoms with Crippen molar-refractivity contribution >= 4 is 11.7 Å². The molecule has 1 fully saturated rings. The summed E-state index contributed by atoms with van der Waals surface area (Å²) in [6.45, 7) is 1.60. The molecule has 5 heteroatoms. The number of urea groups is 1. The molecule has 2 amide bonds. The summed E-state index contributed by atoms with van der Waals surface area (Å²) in [5, 5.41) is 11.9. The van der Waals surface area contributed by atoms with Crippen molar-refractivity contribution in [1.29, 1.82) is 0 Å². The van der Waals surface area contributed by atoms with Crippen molar-refractivity contribution < 1.29 is 14.6 Å². The number of likely N-dealkylation sites (tertiary alicyclic amines) is 1. The molecule has 1 aromatic carbocycles. The monoisotopic (exact) mass is 264 g/mol. The standard InChI is InChI=1S/C14H20N2O3/c1-19-13-4-2-3-12(9-13)15-14(18)16-7-5-11(10-17)6-8-16/h2-4,9,11,17H,5-8,10H2,1H3,(H,15,18). The first-order chi connectivity index (χ1) is 9.22. The van der Waals surface area contributed by atoms with E-state index < -0.39 is 0 Å². The van der Waals surface area contributed by atoms with Gasteiger partial charge in [0.1, 0.15) is 5.75 Å². The second kappa shape index (κ2) is 6.43. The molecule has 0 atom stereocenters. The Balaban J connectivity index is 1.90. The van der Waals surface area contributed by atoms with Gasteiger partial charge < -0.3 is 20.1 Å². The summed E-state index contributed by atoms with van der Waals surface area (Å²) in [7, 11) is 1.60. The van der Waals surface area contributed by atoms with Gasteiger partial charge in [0.15, 0.2) is 0 Å². The van der Waals surface area contributed by atoms with E-state index in [0.29, 0.717) is 19.0 Å². The van der Waals surface area contributed by atoms with Gasteiger partial charge in [-0.25, -0.2) is 4.79 Å². The Morgan fingerprint density at radius 3 is 2.84 bits per heavy atom. The van der Waals surface area contributed by atoms with Crippen molar-refractivity contribution in [2.24, 2.45) is 5.92 Å². The lowest BCUT2D eigenvalue weighted by molar-refractivity contribution is 0.143. The molecule has 19 heavy (non-hydrogen) atoms. The van der Waals surface area contributed by atoms with Crippen molar-refractivity contribution in [2.45, 2.75) is 12.8 Å². The van der Waals surface area contributed by atoms with E-state index in [-0.39, 0.29) is 12.6 Å². The number of carbonyl (C=O) groups excluding carboxylic acids is 1. The van der Waals surface area contributed by atoms with Crippen molar-refractivity contribution in [1.82, 2.24) is 4.90 Å². The van der Waals surface area contributed by atoms with Crippen molar-refractivity contribution in [3.8, 4) is 5.75 Å². The fourth-order valence-corrected chi connectivity index (χ4v) is 2.22. The third-order valence-electron chi connectivity index (χ3n) is 3.48. The molecular formula is C14H20N2O3. The fourth-order valence-electron chi connectivity index (χ4n) is 2.22. The van der Waals surface area contributed by atoms with Gasteiger partial charge >= 0.3 is 6.03 Å². The first-order valence-electron chi connectivity index (χ1n) is 6.53. The highest BCUT2D eigenvalue weighted by molar-refractivity contribution is 5.89. The lowest BCUT2D eigenvalue weighted by Gasteiger charge is -2.31. The molecule has 0 saturated carbocycles. The summed E-state index contributed by atoms with van der Waals surface area (Å²) in [6, 6.07) is 7.21. The van der Waals surface area contributed by atoms with E-state index in [4.69, 9.17) is 9.84 Å². The van der Waals surface area contributed by atoms with Gasteiger partial charge in [0.05, 0.1) is 7.11 Å². The van der Waals surface area contributed by atoms with Crippen LogP contribution < -0.4 is 10.1 Å². The molecule has 1 aliphatic rings. The first-order valence-corrected chi connectivity index (χ1v) is 6.53. The number of aliphatic hydroxyl groups excluding tert-OH is 1. The van der Waals surface area contributed by atoms with Crippen molar-refractivity contribution in [3.63, 3.8) is 0 Å². The molecule has 2 rings (SSSR count). The predicted octanol–water partition coefficient (Wildman–Crippen LogP) is 1.93. The number of piperidine rings is 1. The smallest absolute Gasteiger partial charge is 0.321 e. The summed E-state index contributed by atoms with van der Waals surface area (Å²) in [4.78, 5) is 13.9. The molecule has 0 spiro atoms. The van der Waals surface area contributed by atoms with Crippen LogP contribution in [0.4, 0.5) is 10.5 Å². The number of nitrogens with zero attached hydrogens (tertiary/aromatic N) is 1. The Morgan fingerprint density at radius 1 is 1.47 bits per heavy atom. The van der Waals surface area contributed by atoms with E-state index in [9.17, 15) is 4.79 Å². The molecular weight excluding hydrogens is 244 g/mol. The number of ether oxygens (including phenoxy) is 1. The molecule has 0 bridgehead atoms. The second-order valence-electron chi connectivity index (χ2n) is 4.78. The third-order valence-corrected chi connectivity index (χ3v) is 3.48. The third kappa shape index (κ3) is 3.61. The molecule has 104 valence electrons. The van der Waals surface area contributed by atoms with Crippen LogP contribution in [0.5, 0.6) is 5.75 Å². The van der Waals surface area contributed by atoms with E-state index in [1.807, 2.05) is 18.2 Å². The number of hydrogen-bond acceptors (Lipinski definition) is 3. The van der Waals surface area contributed by atoms with E-state index in [2.05, 4.69) is 5.32 Å². The predicted molar refractivity (Wildman–Crippen MR) is 73.4 cm³/mol. The van der Waals surface area contributed by atoms with Gasteiger partial charge in [-0.3, -0.25) is 0 Å². The lowest BCUT2D eigenvalue weighted by Crippen LogP contribution is -2.41. The molecule has 0 aliphatic carbocycles. The van der Waals surface area contributed by atoms with Crippen LogP contribution in [0.1, 0.15) is 12.8 Å². The van der Waals surface area contributed by atoms with Crippen LogP contribution in [0.3, 0.4) is 0 Å². The number of carbonyl (C=O) groups is 1. The van der Waals surface area contributed by atoms with Gasteiger partial charge in [-0.15, -0.1) is 0 Å². The zero-order chi connectivity index (χ0) is 13.7. The minimum Gasteiger partial charge on any atom is -0.497 e. The molecule has 1 heterocycles. The summed E-state index contributed by atoms with van der Waals surface area (Å²) >= 11 is 0. The molecule has 1 saturated heterocycles. The molecule has 0 aromatic heterocycles. The lowest BCUT2D eigenvalue weighted by atomic mass is 9.98. The van der Waals surface area contributed by atoms with Crippen LogP contribution in [0.25, 0.3) is 0 Å². The quantitative estimate of drug-likeness (QED) is 0.877. The largest absolute Gasteiger partial charge is 0.497 e. The van der Waals surface area contributed by atoms with Crippen LogP contribution in [0.15, 0.2) is 24.3 Å². The fraction of sp³-hybridized carbons (Fsp3) is 0.500. The SMILES string of the molecule is COc1cccc(NC(=O)N2CCC(CO)CC2)c1. The number of methoxy groups -OCH3 is 1. The van der Waals surface area contributed by atoms with Gasteiger partial charge in [0.25, 0.3) is 0 Å². The summed E-state index contributed by atoms with van der Waals surface area (Å²) in [5.74, 6) is 1.05. The average Bonchev–Trinajstić information content (AvgIpc) is 2.47. The maximum atomic E-state index is 12.1. The topological polar surface area (TPSA) is 61.8 Å². The number of rotatable bonds is 3. The van der Waals surface area contributed by atoms with Crippen LogP contribution in [-0.4, -0.2) is 42.8 Å². The Labute approximate surface area is 113 Å². The number of nitrogens with one attached hydrogen (secondary N) is 1. The summed E-state index contributed by atoms with van der Waals surface area (Å²) in [6.07, 6.45) is 1.73. The summed E-state index contributed by atoms with van der Waals surface area (Å²) in [5.41, 5.74) is 0.730. The normalized spacial score (nSPS) is 16.2. The first kappa shape index (κ1) is 13.7. The molecule has 5 nitrogen and oxygen atoms in total. The van der Waals surface area contributed by atoms with Crippen LogP contribution >= 0.6 is 0 Å². The molecule has 0 radical (unpaired) electrons. The average molecular weight is 264 g/mol. The minimum atomic E-state index is -0.0929. The molecule has 1 aromatic rings. The number of hydrogen-bond donors (Lipinski definition) is 2. The molecule has 0 unspecified atom stereocenters. The minimum absolute atomic E-state index is 0.0929. The number of benzene rings is 1. The van der Waals surface area contributed by atoms with E-state index >= 15 is 0 Å². The highest BCUT2D eigenvalue weighted by Gasteiger charge is 2.22. The number of anilines is 1. The zero-order valence-electron chi connectivity index (χ0n) is 11.1. The van der Waals surface area contributed by atoms with E-state index in [0.717, 1.165) is 24.3 Å². The van der Waals surface area contributed by atoms with Gasteiger partial charge in [-0.1, -0.05) is 6.07 Å².